The Morgan fingerprint density at radius 3 is 2.47 bits per heavy atom. The van der Waals surface area contributed by atoms with Gasteiger partial charge in [0.2, 0.25) is 0 Å². The Balaban J connectivity index is 2.74. The molecule has 1 amide bonds. The number of carbonyl (C=O) groups excluding carboxylic acids is 1. The summed E-state index contributed by atoms with van der Waals surface area (Å²) in [5, 5.41) is 23.7. The third kappa shape index (κ3) is 4.09. The maximum atomic E-state index is 11.9. The molecule has 0 aliphatic rings. The minimum absolute atomic E-state index is 0.171. The van der Waals surface area contributed by atoms with Crippen LogP contribution in [0, 0.1) is 6.92 Å². The van der Waals surface area contributed by atoms with Gasteiger partial charge in [0.25, 0.3) is 5.91 Å². The van der Waals surface area contributed by atoms with E-state index in [0.29, 0.717) is 5.69 Å². The standard InChI is InChI=1S/C11H15N3O5/c1-6-7(5-14(2)13-6)10(17)12-8(11(18)19)3-4-9(15)16/h5,8H,3-4H2,1-2H3,(H,12,17)(H,15,16)(H,18,19)/t8-/m0/s1. The summed E-state index contributed by atoms with van der Waals surface area (Å²) >= 11 is 0. The number of aryl methyl sites for hydroxylation is 2. The molecule has 0 spiro atoms. The Morgan fingerprint density at radius 1 is 1.42 bits per heavy atom. The molecule has 1 aromatic rings. The molecule has 3 N–H and O–H groups in total. The SMILES string of the molecule is Cc1nn(C)cc1C(=O)N[C@@H](CCC(=O)O)C(=O)O. The van der Waals surface area contributed by atoms with E-state index in [0.717, 1.165) is 0 Å². The monoisotopic (exact) mass is 269 g/mol. The van der Waals surface area contributed by atoms with Crippen molar-refractivity contribution in [1.29, 1.82) is 0 Å². The van der Waals surface area contributed by atoms with Crippen LogP contribution in [0.1, 0.15) is 28.9 Å². The van der Waals surface area contributed by atoms with Crippen LogP contribution in [0.25, 0.3) is 0 Å². The van der Waals surface area contributed by atoms with Gasteiger partial charge in [-0.1, -0.05) is 0 Å². The topological polar surface area (TPSA) is 122 Å². The molecule has 0 saturated carbocycles. The van der Waals surface area contributed by atoms with Gasteiger partial charge in [-0.3, -0.25) is 14.3 Å². The quantitative estimate of drug-likeness (QED) is 0.656. The van der Waals surface area contributed by atoms with Crippen LogP contribution in [-0.4, -0.2) is 43.9 Å². The Bertz CT molecular complexity index is 508. The lowest BCUT2D eigenvalue weighted by atomic mass is 10.1. The summed E-state index contributed by atoms with van der Waals surface area (Å²) in [7, 11) is 1.64. The smallest absolute Gasteiger partial charge is 0.326 e. The molecule has 8 nitrogen and oxygen atoms in total. The molecule has 0 aliphatic carbocycles. The zero-order valence-corrected chi connectivity index (χ0v) is 10.6. The van der Waals surface area contributed by atoms with Crippen molar-refractivity contribution in [3.8, 4) is 0 Å². The highest BCUT2D eigenvalue weighted by Crippen LogP contribution is 2.06. The first kappa shape index (κ1) is 14.7. The average molecular weight is 269 g/mol. The summed E-state index contributed by atoms with van der Waals surface area (Å²) < 4.78 is 1.44. The van der Waals surface area contributed by atoms with Crippen molar-refractivity contribution in [2.45, 2.75) is 25.8 Å². The van der Waals surface area contributed by atoms with E-state index in [1.807, 2.05) is 0 Å². The Hall–Kier alpha value is -2.38. The Labute approximate surface area is 109 Å². The highest BCUT2D eigenvalue weighted by Gasteiger charge is 2.23. The molecule has 104 valence electrons. The fourth-order valence-electron chi connectivity index (χ4n) is 1.58. The van der Waals surface area contributed by atoms with Gasteiger partial charge in [-0.15, -0.1) is 0 Å². The third-order valence-corrected chi connectivity index (χ3v) is 2.51. The maximum Gasteiger partial charge on any atom is 0.326 e. The number of rotatable bonds is 6. The van der Waals surface area contributed by atoms with Crippen LogP contribution < -0.4 is 5.32 Å². The van der Waals surface area contributed by atoms with Gasteiger partial charge in [-0.05, 0) is 13.3 Å². The largest absolute Gasteiger partial charge is 0.481 e. The van der Waals surface area contributed by atoms with Crippen molar-refractivity contribution in [3.05, 3.63) is 17.5 Å². The molecule has 1 atom stereocenters. The van der Waals surface area contributed by atoms with Crippen LogP contribution in [-0.2, 0) is 16.6 Å². The second kappa shape index (κ2) is 5.98. The summed E-state index contributed by atoms with van der Waals surface area (Å²) in [6.45, 7) is 1.63. The number of amides is 1. The lowest BCUT2D eigenvalue weighted by molar-refractivity contribution is -0.140. The van der Waals surface area contributed by atoms with Crippen LogP contribution in [0.15, 0.2) is 6.20 Å². The van der Waals surface area contributed by atoms with Gasteiger partial charge in [-0.25, -0.2) is 4.79 Å². The number of aliphatic carboxylic acids is 2. The Morgan fingerprint density at radius 2 is 2.05 bits per heavy atom. The maximum absolute atomic E-state index is 11.9. The van der Waals surface area contributed by atoms with Crippen LogP contribution in [0.4, 0.5) is 0 Å². The molecule has 1 aromatic heterocycles. The molecule has 1 rings (SSSR count). The van der Waals surface area contributed by atoms with Crippen molar-refractivity contribution in [1.82, 2.24) is 15.1 Å². The first-order valence-electron chi connectivity index (χ1n) is 5.57. The molecule has 0 fully saturated rings. The van der Waals surface area contributed by atoms with Crippen LogP contribution >= 0.6 is 0 Å². The van der Waals surface area contributed by atoms with E-state index in [9.17, 15) is 14.4 Å². The van der Waals surface area contributed by atoms with Crippen molar-refractivity contribution in [2.24, 2.45) is 7.05 Å². The van der Waals surface area contributed by atoms with Gasteiger partial charge in [0.05, 0.1) is 11.3 Å². The van der Waals surface area contributed by atoms with Gasteiger partial charge in [0.1, 0.15) is 6.04 Å². The van der Waals surface area contributed by atoms with E-state index < -0.39 is 23.9 Å². The number of carbonyl (C=O) groups is 3. The predicted molar refractivity (Wildman–Crippen MR) is 63.7 cm³/mol. The van der Waals surface area contributed by atoms with E-state index in [-0.39, 0.29) is 18.4 Å². The molecule has 8 heteroatoms. The van der Waals surface area contributed by atoms with Crippen LogP contribution in [0.5, 0.6) is 0 Å². The molecule has 0 bridgehead atoms. The normalized spacial score (nSPS) is 11.9. The second-order valence-corrected chi connectivity index (χ2v) is 4.10. The first-order chi connectivity index (χ1) is 8.81. The number of carboxylic acid groups (broad SMARTS) is 2. The Kier molecular flexibility index (Phi) is 4.62. The van der Waals surface area contributed by atoms with E-state index in [2.05, 4.69) is 10.4 Å². The van der Waals surface area contributed by atoms with Gasteiger partial charge >= 0.3 is 11.9 Å². The van der Waals surface area contributed by atoms with Crippen molar-refractivity contribution < 1.29 is 24.6 Å². The second-order valence-electron chi connectivity index (χ2n) is 4.10. The number of nitrogens with one attached hydrogen (secondary N) is 1. The van der Waals surface area contributed by atoms with Gasteiger partial charge in [-0.2, -0.15) is 5.10 Å². The molecule has 1 heterocycles. The summed E-state index contributed by atoms with van der Waals surface area (Å²) in [5.74, 6) is -2.96. The van der Waals surface area contributed by atoms with E-state index >= 15 is 0 Å². The van der Waals surface area contributed by atoms with E-state index in [4.69, 9.17) is 10.2 Å². The third-order valence-electron chi connectivity index (χ3n) is 2.51. The summed E-state index contributed by atoms with van der Waals surface area (Å²) in [4.78, 5) is 33.2. The van der Waals surface area contributed by atoms with Crippen molar-refractivity contribution >= 4 is 17.8 Å². The molecule has 19 heavy (non-hydrogen) atoms. The summed E-state index contributed by atoms with van der Waals surface area (Å²) in [5.41, 5.74) is 0.742. The number of hydrogen-bond donors (Lipinski definition) is 3. The molecule has 0 radical (unpaired) electrons. The zero-order valence-electron chi connectivity index (χ0n) is 10.6. The van der Waals surface area contributed by atoms with E-state index in [1.165, 1.54) is 10.9 Å². The lowest BCUT2D eigenvalue weighted by Gasteiger charge is -2.12. The van der Waals surface area contributed by atoms with E-state index in [1.54, 1.807) is 14.0 Å². The van der Waals surface area contributed by atoms with Crippen molar-refractivity contribution in [2.75, 3.05) is 0 Å². The minimum Gasteiger partial charge on any atom is -0.481 e. The fourth-order valence-corrected chi connectivity index (χ4v) is 1.58. The highest BCUT2D eigenvalue weighted by molar-refractivity contribution is 5.97. The molecular weight excluding hydrogens is 254 g/mol. The predicted octanol–water partition coefficient (Wildman–Crippen LogP) is -0.224. The van der Waals surface area contributed by atoms with Crippen molar-refractivity contribution in [3.63, 3.8) is 0 Å². The van der Waals surface area contributed by atoms with Gasteiger partial charge in [0.15, 0.2) is 0 Å². The first-order valence-corrected chi connectivity index (χ1v) is 5.57. The van der Waals surface area contributed by atoms with Crippen LogP contribution in [0.2, 0.25) is 0 Å². The minimum atomic E-state index is -1.27. The average Bonchev–Trinajstić information content (AvgIpc) is 2.62. The summed E-state index contributed by atoms with van der Waals surface area (Å²) in [6.07, 6.45) is 0.972. The van der Waals surface area contributed by atoms with Gasteiger partial charge < -0.3 is 15.5 Å². The number of aromatic nitrogens is 2. The highest BCUT2D eigenvalue weighted by atomic mass is 16.4. The number of nitrogens with zero attached hydrogens (tertiary/aromatic N) is 2. The molecular formula is C11H15N3O5. The number of hydrogen-bond acceptors (Lipinski definition) is 4. The molecule has 0 saturated heterocycles. The molecule has 0 unspecified atom stereocenters. The number of carboxylic acids is 2. The van der Waals surface area contributed by atoms with Crippen LogP contribution in [0.3, 0.4) is 0 Å². The fraction of sp³-hybridized carbons (Fsp3) is 0.455. The summed E-state index contributed by atoms with van der Waals surface area (Å²) in [6, 6.07) is -1.23. The molecule has 0 aromatic carbocycles. The molecule has 0 aliphatic heterocycles. The van der Waals surface area contributed by atoms with Gasteiger partial charge in [0, 0.05) is 19.7 Å². The lowest BCUT2D eigenvalue weighted by Crippen LogP contribution is -2.41. The zero-order chi connectivity index (χ0) is 14.6.